The number of unbranched alkanes of at least 4 members (excludes halogenated alkanes) is 28. The Morgan fingerprint density at radius 1 is 0.375 bits per heavy atom. The van der Waals surface area contributed by atoms with Crippen molar-refractivity contribution in [1.82, 2.24) is 0 Å². The van der Waals surface area contributed by atoms with E-state index in [1.165, 1.54) is 191 Å². The molecule has 282 valence electrons. The number of carbonyl (C=O) groups excluding carboxylic acids is 2. The summed E-state index contributed by atoms with van der Waals surface area (Å²) in [6.45, 7) is 8.79. The lowest BCUT2D eigenvalue weighted by atomic mass is 10.0. The van der Waals surface area contributed by atoms with E-state index in [4.69, 9.17) is 11.5 Å². The summed E-state index contributed by atoms with van der Waals surface area (Å²) >= 11 is 0. The van der Waals surface area contributed by atoms with Crippen LogP contribution in [0.2, 0.25) is 0 Å². The van der Waals surface area contributed by atoms with Crippen molar-refractivity contribution in [2.75, 3.05) is 0 Å². The number of aryl methyl sites for hydroxylation is 2. The van der Waals surface area contributed by atoms with Crippen molar-refractivity contribution in [3.05, 3.63) is 35.4 Å². The molecule has 0 fully saturated rings. The van der Waals surface area contributed by atoms with Gasteiger partial charge in [-0.25, -0.2) is 0 Å². The monoisotopic (exact) mass is 673 g/mol. The third-order valence-electron chi connectivity index (χ3n) is 9.48. The fourth-order valence-electron chi connectivity index (χ4n) is 6.00. The second-order valence-corrected chi connectivity index (χ2v) is 14.4. The molecule has 0 radical (unpaired) electrons. The Labute approximate surface area is 300 Å². The van der Waals surface area contributed by atoms with Crippen LogP contribution in [0.5, 0.6) is 0 Å². The summed E-state index contributed by atoms with van der Waals surface area (Å²) in [5, 5.41) is 0. The molecule has 0 saturated carbocycles. The summed E-state index contributed by atoms with van der Waals surface area (Å²) in [5.74, 6) is -0.306. The van der Waals surface area contributed by atoms with Crippen LogP contribution in [0.4, 0.5) is 0 Å². The van der Waals surface area contributed by atoms with E-state index < -0.39 is 0 Å². The fraction of sp³-hybridized carbons (Fsp3) is 0.818. The molecule has 0 bridgehead atoms. The normalized spacial score (nSPS) is 10.6. The summed E-state index contributed by atoms with van der Waals surface area (Å²) in [6.07, 6.45) is 41.8. The van der Waals surface area contributed by atoms with Crippen LogP contribution >= 0.6 is 0 Å². The van der Waals surface area contributed by atoms with Gasteiger partial charge in [0.1, 0.15) is 0 Å². The SMILES string of the molecule is CCCCCCCCCCCCCCCCCC(N)=O.CCCCCCCCCCCCCCCCCC(N)=O.Cc1ccccc1C. The van der Waals surface area contributed by atoms with E-state index in [0.29, 0.717) is 12.8 Å². The van der Waals surface area contributed by atoms with Crippen LogP contribution in [0.15, 0.2) is 24.3 Å². The lowest BCUT2D eigenvalue weighted by Crippen LogP contribution is -2.09. The molecule has 4 nitrogen and oxygen atoms in total. The average molecular weight is 673 g/mol. The first-order valence-electron chi connectivity index (χ1n) is 20.9. The van der Waals surface area contributed by atoms with Crippen molar-refractivity contribution in [3.8, 4) is 0 Å². The summed E-state index contributed by atoms with van der Waals surface area (Å²) in [7, 11) is 0. The molecule has 0 aliphatic heterocycles. The van der Waals surface area contributed by atoms with E-state index in [0.717, 1.165) is 12.8 Å². The molecule has 0 unspecified atom stereocenters. The second kappa shape index (κ2) is 41.3. The molecule has 1 aromatic rings. The zero-order valence-electron chi connectivity index (χ0n) is 32.9. The van der Waals surface area contributed by atoms with Crippen LogP contribution in [0.1, 0.15) is 230 Å². The molecule has 0 heterocycles. The highest BCUT2D eigenvalue weighted by Gasteiger charge is 1.97. The first-order valence-corrected chi connectivity index (χ1v) is 20.9. The van der Waals surface area contributed by atoms with Crippen LogP contribution < -0.4 is 11.5 Å². The van der Waals surface area contributed by atoms with E-state index in [1.54, 1.807) is 0 Å². The van der Waals surface area contributed by atoms with Crippen molar-refractivity contribution in [2.24, 2.45) is 11.5 Å². The van der Waals surface area contributed by atoms with Gasteiger partial charge in [0.25, 0.3) is 0 Å². The summed E-state index contributed by atoms with van der Waals surface area (Å²) in [4.78, 5) is 21.1. The Bertz CT molecular complexity index is 729. The Morgan fingerprint density at radius 2 is 0.562 bits per heavy atom. The molecule has 4 heteroatoms. The molecular formula is C44H84N2O2. The Hall–Kier alpha value is -1.84. The predicted molar refractivity (Wildman–Crippen MR) is 213 cm³/mol. The first kappa shape index (κ1) is 48.3. The van der Waals surface area contributed by atoms with Gasteiger partial charge in [-0.1, -0.05) is 218 Å². The third-order valence-corrected chi connectivity index (χ3v) is 9.48. The molecule has 2 amide bonds. The number of amides is 2. The van der Waals surface area contributed by atoms with Gasteiger partial charge >= 0.3 is 0 Å². The molecule has 48 heavy (non-hydrogen) atoms. The highest BCUT2D eigenvalue weighted by Crippen LogP contribution is 2.15. The number of nitrogens with two attached hydrogens (primary N) is 2. The van der Waals surface area contributed by atoms with Gasteiger partial charge in [0.2, 0.25) is 11.8 Å². The molecular weight excluding hydrogens is 588 g/mol. The van der Waals surface area contributed by atoms with Crippen molar-refractivity contribution >= 4 is 11.8 Å². The van der Waals surface area contributed by atoms with Gasteiger partial charge < -0.3 is 11.5 Å². The number of hydrogen-bond acceptors (Lipinski definition) is 2. The smallest absolute Gasteiger partial charge is 0.217 e. The quantitative estimate of drug-likeness (QED) is 0.0746. The van der Waals surface area contributed by atoms with Crippen LogP contribution in [0.3, 0.4) is 0 Å². The van der Waals surface area contributed by atoms with Crippen molar-refractivity contribution in [2.45, 2.75) is 233 Å². The van der Waals surface area contributed by atoms with Crippen molar-refractivity contribution in [3.63, 3.8) is 0 Å². The van der Waals surface area contributed by atoms with Gasteiger partial charge in [0.05, 0.1) is 0 Å². The van der Waals surface area contributed by atoms with Gasteiger partial charge in [-0.2, -0.15) is 0 Å². The summed E-state index contributed by atoms with van der Waals surface area (Å²) < 4.78 is 0. The van der Waals surface area contributed by atoms with Gasteiger partial charge in [-0.3, -0.25) is 9.59 Å². The van der Waals surface area contributed by atoms with Gasteiger partial charge in [-0.15, -0.1) is 0 Å². The minimum absolute atomic E-state index is 0.153. The zero-order chi connectivity index (χ0) is 35.8. The third kappa shape index (κ3) is 44.2. The number of carbonyl (C=O) groups is 2. The van der Waals surface area contributed by atoms with Gasteiger partial charge in [-0.05, 0) is 37.8 Å². The Balaban J connectivity index is 0. The first-order chi connectivity index (χ1) is 23.3. The van der Waals surface area contributed by atoms with E-state index in [9.17, 15) is 9.59 Å². The van der Waals surface area contributed by atoms with E-state index in [1.807, 2.05) is 0 Å². The lowest BCUT2D eigenvalue weighted by Gasteiger charge is -2.03. The van der Waals surface area contributed by atoms with E-state index in [2.05, 4.69) is 52.0 Å². The highest BCUT2D eigenvalue weighted by molar-refractivity contribution is 5.73. The maximum absolute atomic E-state index is 10.6. The summed E-state index contributed by atoms with van der Waals surface area (Å²) in [5.41, 5.74) is 13.0. The molecule has 0 aliphatic rings. The largest absolute Gasteiger partial charge is 0.370 e. The topological polar surface area (TPSA) is 86.2 Å². The maximum Gasteiger partial charge on any atom is 0.217 e. The lowest BCUT2D eigenvalue weighted by molar-refractivity contribution is -0.119. The number of primary amides is 2. The molecule has 0 saturated heterocycles. The minimum atomic E-state index is -0.153. The average Bonchev–Trinajstić information content (AvgIpc) is 3.06. The Kier molecular flexibility index (Phi) is 41.6. The number of hydrogen-bond donors (Lipinski definition) is 2. The van der Waals surface area contributed by atoms with E-state index >= 15 is 0 Å². The van der Waals surface area contributed by atoms with Gasteiger partial charge in [0.15, 0.2) is 0 Å². The van der Waals surface area contributed by atoms with Crippen LogP contribution in [0, 0.1) is 13.8 Å². The molecule has 1 rings (SSSR count). The predicted octanol–water partition coefficient (Wildman–Crippen LogP) is 13.8. The van der Waals surface area contributed by atoms with Crippen LogP contribution in [0.25, 0.3) is 0 Å². The van der Waals surface area contributed by atoms with Crippen LogP contribution in [-0.2, 0) is 9.59 Å². The van der Waals surface area contributed by atoms with E-state index in [-0.39, 0.29) is 11.8 Å². The molecule has 0 aliphatic carbocycles. The number of rotatable bonds is 32. The Morgan fingerprint density at radius 3 is 0.729 bits per heavy atom. The molecule has 0 aromatic heterocycles. The molecule has 1 aromatic carbocycles. The fourth-order valence-corrected chi connectivity index (χ4v) is 6.00. The molecule has 4 N–H and O–H groups in total. The standard InChI is InChI=1S/2C18H37NO.C8H10/c2*1-2-3-4-5-6-7-8-9-10-11-12-13-14-15-16-17-18(19)20;1-7-5-3-4-6-8(7)2/h2*2-17H2,1H3,(H2,19,20);3-6H,1-2H3. The number of benzene rings is 1. The minimum Gasteiger partial charge on any atom is -0.370 e. The maximum atomic E-state index is 10.6. The summed E-state index contributed by atoms with van der Waals surface area (Å²) in [6, 6.07) is 8.36. The van der Waals surface area contributed by atoms with Crippen LogP contribution in [-0.4, -0.2) is 11.8 Å². The van der Waals surface area contributed by atoms with Crippen molar-refractivity contribution in [1.29, 1.82) is 0 Å². The highest BCUT2D eigenvalue weighted by atomic mass is 16.1. The second-order valence-electron chi connectivity index (χ2n) is 14.4. The van der Waals surface area contributed by atoms with Crippen molar-refractivity contribution < 1.29 is 9.59 Å². The molecule has 0 spiro atoms. The molecule has 0 atom stereocenters. The van der Waals surface area contributed by atoms with Gasteiger partial charge in [0, 0.05) is 12.8 Å². The zero-order valence-corrected chi connectivity index (χ0v) is 32.9.